The van der Waals surface area contributed by atoms with Crippen molar-refractivity contribution >= 4 is 31.2 Å². The fraction of sp³-hybridized carbons (Fsp3) is 0.381. The number of allylic oxidation sites excluding steroid dienone is 10. The molecule has 2 saturated carbocycles. The van der Waals surface area contributed by atoms with E-state index in [9.17, 15) is 0 Å². The summed E-state index contributed by atoms with van der Waals surface area (Å²) in [6.45, 7) is 12.9. The van der Waals surface area contributed by atoms with Crippen molar-refractivity contribution in [3.63, 3.8) is 0 Å². The molecule has 6 aliphatic rings. The van der Waals surface area contributed by atoms with Crippen molar-refractivity contribution in [2.24, 2.45) is 23.7 Å². The van der Waals surface area contributed by atoms with Gasteiger partial charge < -0.3 is 12.8 Å². The molecule has 0 aliphatic heterocycles. The van der Waals surface area contributed by atoms with Crippen molar-refractivity contribution in [2.45, 2.75) is 77.6 Å². The van der Waals surface area contributed by atoms with E-state index in [1.54, 1.807) is 0 Å². The van der Waals surface area contributed by atoms with E-state index in [0.29, 0.717) is 11.8 Å². The van der Waals surface area contributed by atoms with Gasteiger partial charge in [-0.1, -0.05) is 138 Å². The minimum Gasteiger partial charge on any atom is -0.321 e. The van der Waals surface area contributed by atoms with E-state index in [2.05, 4.69) is 174 Å². The van der Waals surface area contributed by atoms with Crippen LogP contribution in [0.3, 0.4) is 0 Å². The molecule has 0 nitrogen and oxygen atoms in total. The number of fused-ring (bicyclic) bond motifs is 4. The first-order valence-corrected chi connectivity index (χ1v) is 20.4. The van der Waals surface area contributed by atoms with Gasteiger partial charge in [0, 0.05) is 19.0 Å². The van der Waals surface area contributed by atoms with Crippen LogP contribution >= 0.6 is 0 Å². The molecule has 2 aromatic carbocycles. The number of benzene rings is 2. The predicted octanol–water partition coefficient (Wildman–Crippen LogP) is 11.5. The summed E-state index contributed by atoms with van der Waals surface area (Å²) in [7, 11) is 2.17. The average Bonchev–Trinajstić information content (AvgIpc) is 3.87. The van der Waals surface area contributed by atoms with Crippen molar-refractivity contribution in [2.75, 3.05) is 0 Å². The van der Waals surface area contributed by atoms with Gasteiger partial charge in [0.15, 0.2) is 0 Å². The van der Waals surface area contributed by atoms with E-state index < -0.39 is 0 Å². The Labute approximate surface area is 326 Å². The van der Waals surface area contributed by atoms with Crippen LogP contribution in [0.1, 0.15) is 73.6 Å². The number of hydrogen-bond donors (Lipinski definition) is 0. The molecule has 0 heterocycles. The predicted molar refractivity (Wildman–Crippen MR) is 198 cm³/mol. The van der Waals surface area contributed by atoms with Crippen LogP contribution in [-0.4, -0.2) is 19.0 Å². The van der Waals surface area contributed by atoms with Crippen LogP contribution in [0.15, 0.2) is 97.1 Å². The molecule has 0 spiro atoms. The third-order valence-corrected chi connectivity index (χ3v) is 8.37. The molecule has 0 bridgehead atoms. The molecule has 6 unspecified atom stereocenters. The Balaban J connectivity index is 0.000000286. The van der Waals surface area contributed by atoms with Gasteiger partial charge >= 0.3 is 52.4 Å². The molecule has 0 amide bonds. The molecule has 0 saturated heterocycles. The van der Waals surface area contributed by atoms with E-state index in [1.807, 2.05) is 0 Å². The molecule has 0 N–H and O–H groups in total. The first-order valence-electron chi connectivity index (χ1n) is 16.4. The molecule has 6 atom stereocenters. The van der Waals surface area contributed by atoms with Crippen LogP contribution in [-0.2, 0) is 52.4 Å². The third-order valence-electron chi connectivity index (χ3n) is 8.37. The minimum absolute atomic E-state index is 0. The van der Waals surface area contributed by atoms with Crippen molar-refractivity contribution in [3.05, 3.63) is 144 Å². The Morgan fingerprint density at radius 3 is 1.26 bits per heavy atom. The Morgan fingerprint density at radius 1 is 0.565 bits per heavy atom. The fourth-order valence-electron chi connectivity index (χ4n) is 6.07. The summed E-state index contributed by atoms with van der Waals surface area (Å²) >= 11 is 0. The molecular formula is C42H52Si2Zr2. The summed E-state index contributed by atoms with van der Waals surface area (Å²) in [5, 5.41) is 0. The molecule has 2 aromatic rings. The van der Waals surface area contributed by atoms with Gasteiger partial charge in [-0.25, -0.2) is 12.2 Å². The normalized spacial score (nSPS) is 25.3. The van der Waals surface area contributed by atoms with E-state index in [1.165, 1.54) is 47.9 Å². The van der Waals surface area contributed by atoms with Gasteiger partial charge in [0.05, 0.1) is 0 Å². The second-order valence-electron chi connectivity index (χ2n) is 12.0. The van der Waals surface area contributed by atoms with E-state index in [4.69, 9.17) is 0 Å². The van der Waals surface area contributed by atoms with Crippen molar-refractivity contribution in [3.8, 4) is 0 Å². The van der Waals surface area contributed by atoms with Gasteiger partial charge in [-0.15, -0.1) is 47.2 Å². The Bertz CT molecular complexity index is 1150. The van der Waals surface area contributed by atoms with E-state index in [-0.39, 0.29) is 52.4 Å². The van der Waals surface area contributed by atoms with Crippen molar-refractivity contribution in [1.82, 2.24) is 0 Å². The van der Waals surface area contributed by atoms with E-state index in [0.717, 1.165) is 42.7 Å². The van der Waals surface area contributed by atoms with Crippen LogP contribution in [0.25, 0.3) is 12.2 Å². The van der Waals surface area contributed by atoms with Crippen LogP contribution < -0.4 is 0 Å². The standard InChI is InChI=1S/2C10H9.2C9H11.2C2H6Si.2Zr/c2*1-8-6-7-9-4-2-3-5-10(8)9;2*1-2-5-9-7-3-6-8(9)4-1;2*1-3-2;;/h2*2-5,7-8H,1H3;2*1-2,4-6,8-9H,3,7H2;2*1-2H3;;/q4*-1;;;2*+2. The van der Waals surface area contributed by atoms with Crippen LogP contribution in [0.4, 0.5) is 0 Å². The summed E-state index contributed by atoms with van der Waals surface area (Å²) in [5.41, 5.74) is 5.47. The van der Waals surface area contributed by atoms with Crippen molar-refractivity contribution < 1.29 is 52.4 Å². The van der Waals surface area contributed by atoms with Crippen LogP contribution in [0, 0.1) is 48.7 Å². The maximum atomic E-state index is 3.26. The van der Waals surface area contributed by atoms with Crippen molar-refractivity contribution in [1.29, 1.82) is 0 Å². The first-order chi connectivity index (χ1) is 21.5. The summed E-state index contributed by atoms with van der Waals surface area (Å²) in [6, 6.07) is 16.9. The molecule has 6 aliphatic carbocycles. The second-order valence-corrected chi connectivity index (χ2v) is 14.0. The first kappa shape index (κ1) is 43.1. The molecule has 8 rings (SSSR count). The molecular weight excluding hydrogens is 743 g/mol. The van der Waals surface area contributed by atoms with Gasteiger partial charge in [-0.05, 0) is 11.8 Å². The average molecular weight is 795 g/mol. The summed E-state index contributed by atoms with van der Waals surface area (Å²) < 4.78 is 0. The molecule has 46 heavy (non-hydrogen) atoms. The van der Waals surface area contributed by atoms with Gasteiger partial charge in [-0.2, -0.15) is 24.0 Å². The summed E-state index contributed by atoms with van der Waals surface area (Å²) in [6.07, 6.45) is 38.8. The minimum atomic E-state index is 0. The summed E-state index contributed by atoms with van der Waals surface area (Å²) in [4.78, 5) is 0. The van der Waals surface area contributed by atoms with Gasteiger partial charge in [0.2, 0.25) is 0 Å². The smallest absolute Gasteiger partial charge is 0.321 e. The third kappa shape index (κ3) is 14.3. The van der Waals surface area contributed by atoms with E-state index >= 15 is 0 Å². The SMILES string of the molecule is C1=CC2[CH-]CCC2C=C1.C1=CC2[CH-]CCC2C=C1.CC1[C-]=Cc2ccccc21.CC1[C-]=Cc2ccccc21.C[Si]C.C[Si]C.[Zr+2].[Zr+2]. The largest absolute Gasteiger partial charge is 2.00 e. The Morgan fingerprint density at radius 2 is 0.913 bits per heavy atom. The van der Waals surface area contributed by atoms with Gasteiger partial charge in [0.25, 0.3) is 0 Å². The number of rotatable bonds is 0. The zero-order valence-corrected chi connectivity index (χ0v) is 35.8. The molecule has 4 radical (unpaired) electrons. The molecule has 236 valence electrons. The molecule has 4 heteroatoms. The molecule has 2 fully saturated rings. The van der Waals surface area contributed by atoms with Crippen LogP contribution in [0.2, 0.25) is 26.2 Å². The van der Waals surface area contributed by atoms with Crippen LogP contribution in [0.5, 0.6) is 0 Å². The molecule has 0 aromatic heterocycles. The number of hydrogen-bond acceptors (Lipinski definition) is 0. The quantitative estimate of drug-likeness (QED) is 0.184. The van der Waals surface area contributed by atoms with Gasteiger partial charge in [0.1, 0.15) is 0 Å². The fourth-order valence-corrected chi connectivity index (χ4v) is 6.07. The summed E-state index contributed by atoms with van der Waals surface area (Å²) in [5.74, 6) is 4.22. The maximum Gasteiger partial charge on any atom is 2.00 e. The Hall–Kier alpha value is -0.920. The zero-order valence-electron chi connectivity index (χ0n) is 28.8. The maximum absolute atomic E-state index is 3.26. The van der Waals surface area contributed by atoms with Gasteiger partial charge in [-0.3, -0.25) is 12.2 Å². The second kappa shape index (κ2) is 25.1. The Kier molecular flexibility index (Phi) is 23.5. The zero-order chi connectivity index (χ0) is 31.6. The monoisotopic (exact) mass is 792 g/mol. The topological polar surface area (TPSA) is 0 Å².